The molecule has 1 aromatic rings. The lowest BCUT2D eigenvalue weighted by atomic mass is 10.1. The van der Waals surface area contributed by atoms with Gasteiger partial charge in [0.2, 0.25) is 0 Å². The maximum atomic E-state index is 11.3. The molecule has 0 aromatic heterocycles. The summed E-state index contributed by atoms with van der Waals surface area (Å²) in [4.78, 5) is 11.3. The second kappa shape index (κ2) is 6.00. The van der Waals surface area contributed by atoms with Gasteiger partial charge < -0.3 is 9.84 Å². The SMILES string of the molecule is CC(C)CCOC(=O)Nc1ccccc1O. The van der Waals surface area contributed by atoms with Crippen LogP contribution in [0.25, 0.3) is 0 Å². The average molecular weight is 223 g/mol. The first-order chi connectivity index (χ1) is 7.59. The summed E-state index contributed by atoms with van der Waals surface area (Å²) >= 11 is 0. The quantitative estimate of drug-likeness (QED) is 0.771. The predicted molar refractivity (Wildman–Crippen MR) is 62.5 cm³/mol. The van der Waals surface area contributed by atoms with Crippen molar-refractivity contribution in [3.8, 4) is 5.75 Å². The van der Waals surface area contributed by atoms with Crippen molar-refractivity contribution in [3.05, 3.63) is 24.3 Å². The lowest BCUT2D eigenvalue weighted by Gasteiger charge is -2.09. The lowest BCUT2D eigenvalue weighted by Crippen LogP contribution is -2.15. The van der Waals surface area contributed by atoms with Crippen LogP contribution in [-0.4, -0.2) is 17.8 Å². The molecule has 0 saturated heterocycles. The number of hydrogen-bond donors (Lipinski definition) is 2. The standard InChI is InChI=1S/C12H17NO3/c1-9(2)7-8-16-12(15)13-10-5-3-4-6-11(10)14/h3-6,9,14H,7-8H2,1-2H3,(H,13,15). The van der Waals surface area contributed by atoms with Crippen LogP contribution in [0.4, 0.5) is 10.5 Å². The van der Waals surface area contributed by atoms with Crippen LogP contribution in [-0.2, 0) is 4.74 Å². The molecule has 4 heteroatoms. The summed E-state index contributed by atoms with van der Waals surface area (Å²) in [6.07, 6.45) is 0.288. The van der Waals surface area contributed by atoms with Gasteiger partial charge in [-0.25, -0.2) is 4.79 Å². The summed E-state index contributed by atoms with van der Waals surface area (Å²) < 4.78 is 4.95. The third-order valence-electron chi connectivity index (χ3n) is 2.07. The monoisotopic (exact) mass is 223 g/mol. The van der Waals surface area contributed by atoms with Gasteiger partial charge in [0, 0.05) is 0 Å². The number of amides is 1. The number of nitrogens with one attached hydrogen (secondary N) is 1. The zero-order valence-corrected chi connectivity index (χ0v) is 9.56. The van der Waals surface area contributed by atoms with E-state index in [4.69, 9.17) is 4.74 Å². The topological polar surface area (TPSA) is 58.6 Å². The Morgan fingerprint density at radius 2 is 2.12 bits per heavy atom. The highest BCUT2D eigenvalue weighted by atomic mass is 16.5. The molecule has 0 aliphatic rings. The molecule has 0 aliphatic heterocycles. The molecule has 2 N–H and O–H groups in total. The summed E-state index contributed by atoms with van der Waals surface area (Å²) in [5.41, 5.74) is 0.358. The fourth-order valence-corrected chi connectivity index (χ4v) is 1.11. The van der Waals surface area contributed by atoms with Crippen molar-refractivity contribution >= 4 is 11.8 Å². The number of phenols is 1. The first-order valence-corrected chi connectivity index (χ1v) is 5.31. The minimum atomic E-state index is -0.540. The van der Waals surface area contributed by atoms with Gasteiger partial charge in [-0.2, -0.15) is 0 Å². The third-order valence-corrected chi connectivity index (χ3v) is 2.07. The molecule has 1 aromatic carbocycles. The van der Waals surface area contributed by atoms with Gasteiger partial charge in [-0.3, -0.25) is 5.32 Å². The molecule has 0 heterocycles. The molecule has 0 saturated carbocycles. The normalized spacial score (nSPS) is 10.2. The van der Waals surface area contributed by atoms with E-state index in [0.29, 0.717) is 18.2 Å². The highest BCUT2D eigenvalue weighted by Gasteiger charge is 2.06. The fraction of sp³-hybridized carbons (Fsp3) is 0.417. The van der Waals surface area contributed by atoms with Gasteiger partial charge in [0.1, 0.15) is 5.75 Å². The first-order valence-electron chi connectivity index (χ1n) is 5.31. The van der Waals surface area contributed by atoms with E-state index in [1.54, 1.807) is 18.2 Å². The number of rotatable bonds is 4. The van der Waals surface area contributed by atoms with E-state index < -0.39 is 6.09 Å². The highest BCUT2D eigenvalue weighted by molar-refractivity contribution is 5.86. The molecule has 16 heavy (non-hydrogen) atoms. The number of carbonyl (C=O) groups is 1. The van der Waals surface area contributed by atoms with Crippen molar-refractivity contribution in [2.45, 2.75) is 20.3 Å². The second-order valence-electron chi connectivity index (χ2n) is 3.96. The number of para-hydroxylation sites is 2. The van der Waals surface area contributed by atoms with Gasteiger partial charge in [0.25, 0.3) is 0 Å². The number of ether oxygens (including phenoxy) is 1. The molecule has 0 atom stereocenters. The molecule has 0 fully saturated rings. The molecule has 0 radical (unpaired) electrons. The van der Waals surface area contributed by atoms with E-state index in [0.717, 1.165) is 6.42 Å². The molecule has 1 rings (SSSR count). The van der Waals surface area contributed by atoms with E-state index in [1.807, 2.05) is 0 Å². The summed E-state index contributed by atoms with van der Waals surface area (Å²) in [7, 11) is 0. The Labute approximate surface area is 95.2 Å². The highest BCUT2D eigenvalue weighted by Crippen LogP contribution is 2.21. The second-order valence-corrected chi connectivity index (χ2v) is 3.96. The van der Waals surface area contributed by atoms with Crippen LogP contribution in [0.5, 0.6) is 5.75 Å². The molecule has 0 unspecified atom stereocenters. The van der Waals surface area contributed by atoms with Gasteiger partial charge in [-0.15, -0.1) is 0 Å². The van der Waals surface area contributed by atoms with Crippen molar-refractivity contribution in [2.75, 3.05) is 11.9 Å². The zero-order chi connectivity index (χ0) is 12.0. The number of anilines is 1. The Hall–Kier alpha value is -1.71. The maximum absolute atomic E-state index is 11.3. The summed E-state index contributed by atoms with van der Waals surface area (Å²) in [5.74, 6) is 0.529. The van der Waals surface area contributed by atoms with Crippen molar-refractivity contribution in [1.29, 1.82) is 0 Å². The van der Waals surface area contributed by atoms with Crippen molar-refractivity contribution in [3.63, 3.8) is 0 Å². The van der Waals surface area contributed by atoms with Gasteiger partial charge in [0.05, 0.1) is 12.3 Å². The number of hydrogen-bond acceptors (Lipinski definition) is 3. The number of phenolic OH excluding ortho intramolecular Hbond substituents is 1. The van der Waals surface area contributed by atoms with E-state index in [9.17, 15) is 9.90 Å². The number of aromatic hydroxyl groups is 1. The molecular weight excluding hydrogens is 206 g/mol. The number of benzene rings is 1. The third kappa shape index (κ3) is 4.21. The van der Waals surface area contributed by atoms with Crippen LogP contribution in [0, 0.1) is 5.92 Å². The van der Waals surface area contributed by atoms with Crippen LogP contribution in [0.3, 0.4) is 0 Å². The van der Waals surface area contributed by atoms with Crippen LogP contribution in [0.2, 0.25) is 0 Å². The van der Waals surface area contributed by atoms with Gasteiger partial charge in [-0.05, 0) is 24.5 Å². The largest absolute Gasteiger partial charge is 0.506 e. The van der Waals surface area contributed by atoms with Crippen LogP contribution in [0.15, 0.2) is 24.3 Å². The summed E-state index contributed by atoms with van der Waals surface area (Å²) in [6, 6.07) is 6.52. The van der Waals surface area contributed by atoms with E-state index in [2.05, 4.69) is 19.2 Å². The minimum Gasteiger partial charge on any atom is -0.506 e. The molecule has 0 bridgehead atoms. The molecule has 0 aliphatic carbocycles. The number of carbonyl (C=O) groups excluding carboxylic acids is 1. The Balaban J connectivity index is 2.37. The van der Waals surface area contributed by atoms with Crippen LogP contribution >= 0.6 is 0 Å². The molecule has 0 spiro atoms. The smallest absolute Gasteiger partial charge is 0.411 e. The summed E-state index contributed by atoms with van der Waals surface area (Å²) in [6.45, 7) is 4.51. The van der Waals surface area contributed by atoms with Crippen molar-refractivity contribution < 1.29 is 14.6 Å². The first kappa shape index (κ1) is 12.4. The van der Waals surface area contributed by atoms with Crippen molar-refractivity contribution in [1.82, 2.24) is 0 Å². The van der Waals surface area contributed by atoms with E-state index in [1.165, 1.54) is 6.07 Å². The van der Waals surface area contributed by atoms with Gasteiger partial charge in [-0.1, -0.05) is 26.0 Å². The Bertz CT molecular complexity index is 350. The minimum absolute atomic E-state index is 0.0308. The zero-order valence-electron chi connectivity index (χ0n) is 9.56. The van der Waals surface area contributed by atoms with Gasteiger partial charge >= 0.3 is 6.09 Å². The Kier molecular flexibility index (Phi) is 4.64. The summed E-state index contributed by atoms with van der Waals surface area (Å²) in [5, 5.41) is 11.9. The van der Waals surface area contributed by atoms with Crippen molar-refractivity contribution in [2.24, 2.45) is 5.92 Å². The molecular formula is C12H17NO3. The lowest BCUT2D eigenvalue weighted by molar-refractivity contribution is 0.155. The van der Waals surface area contributed by atoms with Gasteiger partial charge in [0.15, 0.2) is 0 Å². The fourth-order valence-electron chi connectivity index (χ4n) is 1.11. The molecule has 4 nitrogen and oxygen atoms in total. The molecule has 1 amide bonds. The average Bonchev–Trinajstić information content (AvgIpc) is 2.21. The Morgan fingerprint density at radius 1 is 1.44 bits per heavy atom. The molecule has 88 valence electrons. The maximum Gasteiger partial charge on any atom is 0.411 e. The van der Waals surface area contributed by atoms with Crippen LogP contribution < -0.4 is 5.32 Å². The van der Waals surface area contributed by atoms with Crippen LogP contribution in [0.1, 0.15) is 20.3 Å². The van der Waals surface area contributed by atoms with E-state index in [-0.39, 0.29) is 5.75 Å². The predicted octanol–water partition coefficient (Wildman–Crippen LogP) is 2.99. The Morgan fingerprint density at radius 3 is 2.75 bits per heavy atom. The van der Waals surface area contributed by atoms with E-state index >= 15 is 0 Å².